The van der Waals surface area contributed by atoms with Gasteiger partial charge in [-0.25, -0.2) is 8.78 Å². The van der Waals surface area contributed by atoms with E-state index in [9.17, 15) is 18.4 Å². The Bertz CT molecular complexity index is 842. The van der Waals surface area contributed by atoms with Gasteiger partial charge in [-0.3, -0.25) is 9.59 Å². The standard InChI is InChI=1S/C20H21ClF2N2O2/c1-11(2)18(25-19(26)14-6-4-5-7-15(14)21)20(27)24-12(3)13-8-9-16(22)17(23)10-13/h4-12,18H,1-3H3,(H,24,27)(H,25,26). The van der Waals surface area contributed by atoms with Gasteiger partial charge < -0.3 is 10.6 Å². The number of rotatable bonds is 6. The minimum Gasteiger partial charge on any atom is -0.348 e. The molecule has 0 saturated heterocycles. The number of benzene rings is 2. The molecule has 144 valence electrons. The molecule has 2 rings (SSSR count). The van der Waals surface area contributed by atoms with Crippen LogP contribution in [-0.4, -0.2) is 17.9 Å². The molecule has 0 radical (unpaired) electrons. The Balaban J connectivity index is 2.11. The maximum atomic E-state index is 13.4. The smallest absolute Gasteiger partial charge is 0.253 e. The van der Waals surface area contributed by atoms with Gasteiger partial charge in [-0.1, -0.05) is 43.6 Å². The summed E-state index contributed by atoms with van der Waals surface area (Å²) in [5.74, 6) is -3.03. The van der Waals surface area contributed by atoms with Crippen molar-refractivity contribution in [1.29, 1.82) is 0 Å². The van der Waals surface area contributed by atoms with Crippen LogP contribution in [0.5, 0.6) is 0 Å². The van der Waals surface area contributed by atoms with Gasteiger partial charge in [0.05, 0.1) is 16.6 Å². The highest BCUT2D eigenvalue weighted by Crippen LogP contribution is 2.18. The van der Waals surface area contributed by atoms with E-state index in [-0.39, 0.29) is 16.5 Å². The summed E-state index contributed by atoms with van der Waals surface area (Å²) >= 11 is 6.03. The molecule has 2 atom stereocenters. The Morgan fingerprint density at radius 3 is 2.22 bits per heavy atom. The highest BCUT2D eigenvalue weighted by atomic mass is 35.5. The summed E-state index contributed by atoms with van der Waals surface area (Å²) in [6.45, 7) is 5.23. The summed E-state index contributed by atoms with van der Waals surface area (Å²) < 4.78 is 26.5. The fourth-order valence-corrected chi connectivity index (χ4v) is 2.79. The molecule has 0 aliphatic rings. The van der Waals surface area contributed by atoms with Gasteiger partial charge in [0.1, 0.15) is 6.04 Å². The van der Waals surface area contributed by atoms with E-state index < -0.39 is 35.5 Å². The third kappa shape index (κ3) is 5.26. The van der Waals surface area contributed by atoms with Crippen LogP contribution in [0.15, 0.2) is 42.5 Å². The molecular weight excluding hydrogens is 374 g/mol. The molecule has 2 amide bonds. The first-order chi connectivity index (χ1) is 12.7. The zero-order valence-electron chi connectivity index (χ0n) is 15.2. The van der Waals surface area contributed by atoms with Gasteiger partial charge in [-0.2, -0.15) is 0 Å². The Labute approximate surface area is 161 Å². The van der Waals surface area contributed by atoms with Crippen molar-refractivity contribution in [3.8, 4) is 0 Å². The lowest BCUT2D eigenvalue weighted by molar-refractivity contribution is -0.124. The van der Waals surface area contributed by atoms with E-state index in [4.69, 9.17) is 11.6 Å². The minimum atomic E-state index is -0.985. The summed E-state index contributed by atoms with van der Waals surface area (Å²) in [5.41, 5.74) is 0.688. The van der Waals surface area contributed by atoms with Crippen molar-refractivity contribution in [3.63, 3.8) is 0 Å². The lowest BCUT2D eigenvalue weighted by atomic mass is 10.0. The molecule has 7 heteroatoms. The lowest BCUT2D eigenvalue weighted by Gasteiger charge is -2.24. The topological polar surface area (TPSA) is 58.2 Å². The number of carbonyl (C=O) groups is 2. The number of nitrogens with one attached hydrogen (secondary N) is 2. The second-order valence-electron chi connectivity index (χ2n) is 6.58. The van der Waals surface area contributed by atoms with Crippen LogP contribution >= 0.6 is 11.6 Å². The molecule has 0 bridgehead atoms. The van der Waals surface area contributed by atoms with Crippen LogP contribution in [0.2, 0.25) is 5.02 Å². The molecule has 0 saturated carbocycles. The maximum absolute atomic E-state index is 13.4. The van der Waals surface area contributed by atoms with E-state index in [0.29, 0.717) is 5.56 Å². The van der Waals surface area contributed by atoms with Crippen molar-refractivity contribution < 1.29 is 18.4 Å². The van der Waals surface area contributed by atoms with Crippen molar-refractivity contribution in [3.05, 3.63) is 70.2 Å². The van der Waals surface area contributed by atoms with Gasteiger partial charge in [0.25, 0.3) is 5.91 Å². The van der Waals surface area contributed by atoms with Gasteiger partial charge in [0.15, 0.2) is 11.6 Å². The quantitative estimate of drug-likeness (QED) is 0.769. The molecule has 0 aromatic heterocycles. The van der Waals surface area contributed by atoms with Crippen LogP contribution in [0.3, 0.4) is 0 Å². The zero-order valence-corrected chi connectivity index (χ0v) is 16.0. The molecule has 2 unspecified atom stereocenters. The van der Waals surface area contributed by atoms with Gasteiger partial charge >= 0.3 is 0 Å². The van der Waals surface area contributed by atoms with Crippen molar-refractivity contribution in [1.82, 2.24) is 10.6 Å². The highest BCUT2D eigenvalue weighted by molar-refractivity contribution is 6.33. The highest BCUT2D eigenvalue weighted by Gasteiger charge is 2.26. The van der Waals surface area contributed by atoms with E-state index in [1.54, 1.807) is 45.0 Å². The molecule has 0 aliphatic heterocycles. The fourth-order valence-electron chi connectivity index (χ4n) is 2.57. The molecular formula is C20H21ClF2N2O2. The van der Waals surface area contributed by atoms with E-state index in [0.717, 1.165) is 12.1 Å². The summed E-state index contributed by atoms with van der Waals surface area (Å²) in [4.78, 5) is 25.1. The lowest BCUT2D eigenvalue weighted by Crippen LogP contribution is -2.50. The summed E-state index contributed by atoms with van der Waals surface area (Å²) in [7, 11) is 0. The van der Waals surface area contributed by atoms with Crippen LogP contribution in [-0.2, 0) is 4.79 Å². The largest absolute Gasteiger partial charge is 0.348 e. The van der Waals surface area contributed by atoms with Crippen LogP contribution in [0.25, 0.3) is 0 Å². The number of halogens is 3. The van der Waals surface area contributed by atoms with E-state index in [2.05, 4.69) is 10.6 Å². The second kappa shape index (κ2) is 8.95. The molecule has 2 aromatic rings. The molecule has 0 spiro atoms. The monoisotopic (exact) mass is 394 g/mol. The minimum absolute atomic E-state index is 0.200. The van der Waals surface area contributed by atoms with Crippen molar-refractivity contribution in [2.45, 2.75) is 32.9 Å². The number of carbonyl (C=O) groups excluding carboxylic acids is 2. The predicted molar refractivity (Wildman–Crippen MR) is 100 cm³/mol. The molecule has 2 N–H and O–H groups in total. The Morgan fingerprint density at radius 2 is 1.63 bits per heavy atom. The third-order valence-corrected chi connectivity index (χ3v) is 4.49. The fraction of sp³-hybridized carbons (Fsp3) is 0.300. The first kappa shape index (κ1) is 20.8. The second-order valence-corrected chi connectivity index (χ2v) is 6.99. The SMILES string of the molecule is CC(NC(=O)C(NC(=O)c1ccccc1Cl)C(C)C)c1ccc(F)c(F)c1. The summed E-state index contributed by atoms with van der Waals surface area (Å²) in [6, 6.07) is 8.59. The predicted octanol–water partition coefficient (Wildman–Crippen LogP) is 4.25. The van der Waals surface area contributed by atoms with E-state index in [1.165, 1.54) is 6.07 Å². The van der Waals surface area contributed by atoms with Crippen LogP contribution in [0, 0.1) is 17.6 Å². The molecule has 2 aromatic carbocycles. The van der Waals surface area contributed by atoms with E-state index >= 15 is 0 Å². The van der Waals surface area contributed by atoms with E-state index in [1.807, 2.05) is 0 Å². The van der Waals surface area contributed by atoms with Crippen molar-refractivity contribution in [2.24, 2.45) is 5.92 Å². The molecule has 0 fully saturated rings. The van der Waals surface area contributed by atoms with Crippen LogP contribution < -0.4 is 10.6 Å². The van der Waals surface area contributed by atoms with Gasteiger partial charge in [0.2, 0.25) is 5.91 Å². The first-order valence-corrected chi connectivity index (χ1v) is 8.89. The van der Waals surface area contributed by atoms with Crippen LogP contribution in [0.4, 0.5) is 8.78 Å². The van der Waals surface area contributed by atoms with Crippen molar-refractivity contribution in [2.75, 3.05) is 0 Å². The molecule has 4 nitrogen and oxygen atoms in total. The third-order valence-electron chi connectivity index (χ3n) is 4.16. The molecule has 0 heterocycles. The first-order valence-electron chi connectivity index (χ1n) is 8.51. The van der Waals surface area contributed by atoms with Crippen molar-refractivity contribution >= 4 is 23.4 Å². The molecule has 0 aliphatic carbocycles. The zero-order chi connectivity index (χ0) is 20.1. The summed E-state index contributed by atoms with van der Waals surface area (Å²) in [5, 5.41) is 5.69. The maximum Gasteiger partial charge on any atom is 0.253 e. The van der Waals surface area contributed by atoms with Gasteiger partial charge in [0, 0.05) is 0 Å². The Hall–Kier alpha value is -2.47. The number of hydrogen-bond acceptors (Lipinski definition) is 2. The average Bonchev–Trinajstić information content (AvgIpc) is 2.61. The average molecular weight is 395 g/mol. The van der Waals surface area contributed by atoms with Gasteiger partial charge in [-0.15, -0.1) is 0 Å². The number of amides is 2. The molecule has 27 heavy (non-hydrogen) atoms. The summed E-state index contributed by atoms with van der Waals surface area (Å²) in [6.07, 6.45) is 0. The van der Waals surface area contributed by atoms with Gasteiger partial charge in [-0.05, 0) is 42.7 Å². The van der Waals surface area contributed by atoms with Crippen LogP contribution in [0.1, 0.15) is 42.7 Å². The Kier molecular flexibility index (Phi) is 6.91. The Morgan fingerprint density at radius 1 is 0.963 bits per heavy atom. The normalized spacial score (nSPS) is 13.1. The number of hydrogen-bond donors (Lipinski definition) is 2.